The molecule has 20 heavy (non-hydrogen) atoms. The van der Waals surface area contributed by atoms with Crippen molar-refractivity contribution in [2.45, 2.75) is 29.9 Å². The van der Waals surface area contributed by atoms with Crippen molar-refractivity contribution in [1.82, 2.24) is 4.98 Å². The molecule has 1 amide bonds. The number of amides is 1. The number of rotatable bonds is 5. The maximum absolute atomic E-state index is 11.0. The van der Waals surface area contributed by atoms with Gasteiger partial charge in [-0.3, -0.25) is 4.79 Å². The number of hydrogen-bond donors (Lipinski definition) is 1. The minimum atomic E-state index is -0.323. The lowest BCUT2D eigenvalue weighted by molar-refractivity contribution is -0.117. The molecular weight excluding hydrogens is 312 g/mol. The first kappa shape index (κ1) is 15.4. The second kappa shape index (κ2) is 6.61. The molecule has 0 aliphatic carbocycles. The van der Waals surface area contributed by atoms with Crippen LogP contribution in [0, 0.1) is 6.92 Å². The zero-order valence-electron chi connectivity index (χ0n) is 11.2. The van der Waals surface area contributed by atoms with Crippen molar-refractivity contribution in [3.63, 3.8) is 0 Å². The van der Waals surface area contributed by atoms with E-state index in [4.69, 9.17) is 17.3 Å². The molecule has 6 heteroatoms. The minimum absolute atomic E-state index is 0.251. The van der Waals surface area contributed by atoms with Crippen LogP contribution in [-0.4, -0.2) is 10.9 Å². The van der Waals surface area contributed by atoms with E-state index >= 15 is 0 Å². The minimum Gasteiger partial charge on any atom is -0.369 e. The maximum atomic E-state index is 11.0. The fourth-order valence-corrected chi connectivity index (χ4v) is 4.45. The van der Waals surface area contributed by atoms with Crippen molar-refractivity contribution in [2.24, 2.45) is 5.73 Å². The molecule has 0 bridgehead atoms. The number of nitrogens with two attached hydrogens (primary N) is 1. The van der Waals surface area contributed by atoms with E-state index in [0.29, 0.717) is 0 Å². The Morgan fingerprint density at radius 1 is 1.55 bits per heavy atom. The zero-order valence-corrected chi connectivity index (χ0v) is 13.6. The van der Waals surface area contributed by atoms with Crippen LogP contribution < -0.4 is 5.73 Å². The smallest absolute Gasteiger partial charge is 0.222 e. The SMILES string of the molecule is Cc1nc(SC(C)c2cccc(Cl)c2)sc1CC(N)=O. The number of aromatic nitrogens is 1. The molecule has 0 radical (unpaired) electrons. The second-order valence-corrected chi connectivity index (χ2v) is 7.55. The molecule has 1 unspecified atom stereocenters. The molecule has 0 aliphatic rings. The summed E-state index contributed by atoms with van der Waals surface area (Å²) in [5, 5.41) is 0.986. The Labute approximate surface area is 131 Å². The number of aryl methyl sites for hydroxylation is 1. The molecule has 0 saturated carbocycles. The summed E-state index contributed by atoms with van der Waals surface area (Å²) < 4.78 is 0.950. The summed E-state index contributed by atoms with van der Waals surface area (Å²) in [5.41, 5.74) is 7.27. The number of benzene rings is 1. The Morgan fingerprint density at radius 3 is 2.95 bits per heavy atom. The van der Waals surface area contributed by atoms with E-state index in [0.717, 1.165) is 25.5 Å². The van der Waals surface area contributed by atoms with E-state index in [1.165, 1.54) is 11.3 Å². The van der Waals surface area contributed by atoms with Crippen LogP contribution in [0.15, 0.2) is 28.6 Å². The number of primary amides is 1. The zero-order chi connectivity index (χ0) is 14.7. The van der Waals surface area contributed by atoms with Crippen LogP contribution in [0.25, 0.3) is 0 Å². The van der Waals surface area contributed by atoms with Crippen molar-refractivity contribution in [3.05, 3.63) is 45.4 Å². The highest BCUT2D eigenvalue weighted by Crippen LogP contribution is 2.38. The third-order valence-electron chi connectivity index (χ3n) is 2.80. The summed E-state index contributed by atoms with van der Waals surface area (Å²) >= 11 is 9.20. The van der Waals surface area contributed by atoms with Gasteiger partial charge in [-0.25, -0.2) is 4.98 Å². The fourth-order valence-electron chi connectivity index (χ4n) is 1.75. The topological polar surface area (TPSA) is 56.0 Å². The fraction of sp³-hybridized carbons (Fsp3) is 0.286. The molecule has 106 valence electrons. The van der Waals surface area contributed by atoms with Gasteiger partial charge in [0.25, 0.3) is 0 Å². The quantitative estimate of drug-likeness (QED) is 0.845. The summed E-state index contributed by atoms with van der Waals surface area (Å²) in [5.74, 6) is -0.323. The molecule has 3 nitrogen and oxygen atoms in total. The van der Waals surface area contributed by atoms with Crippen LogP contribution in [0.1, 0.15) is 28.3 Å². The lowest BCUT2D eigenvalue weighted by Gasteiger charge is -2.09. The van der Waals surface area contributed by atoms with Gasteiger partial charge in [0.05, 0.1) is 12.1 Å². The Balaban J connectivity index is 2.12. The Hall–Kier alpha value is -1.04. The molecule has 2 aromatic rings. The van der Waals surface area contributed by atoms with E-state index in [-0.39, 0.29) is 17.6 Å². The Morgan fingerprint density at radius 2 is 2.30 bits per heavy atom. The number of hydrogen-bond acceptors (Lipinski definition) is 4. The number of thioether (sulfide) groups is 1. The van der Waals surface area contributed by atoms with Crippen LogP contribution in [0.5, 0.6) is 0 Å². The first-order chi connectivity index (χ1) is 9.45. The van der Waals surface area contributed by atoms with E-state index in [1.54, 1.807) is 11.8 Å². The molecule has 0 fully saturated rings. The molecule has 2 N–H and O–H groups in total. The molecular formula is C14H15ClN2OS2. The van der Waals surface area contributed by atoms with E-state index < -0.39 is 0 Å². The van der Waals surface area contributed by atoms with Crippen molar-refractivity contribution >= 4 is 40.6 Å². The van der Waals surface area contributed by atoms with Crippen LogP contribution in [0.3, 0.4) is 0 Å². The van der Waals surface area contributed by atoms with Crippen LogP contribution in [0.4, 0.5) is 0 Å². The number of halogens is 1. The number of nitrogens with zero attached hydrogens (tertiary/aromatic N) is 1. The standard InChI is InChI=1S/C14H15ClN2OS2/c1-8-12(7-13(16)18)20-14(17-8)19-9(2)10-4-3-5-11(15)6-10/h3-6,9H,7H2,1-2H3,(H2,16,18). The third kappa shape index (κ3) is 3.98. The average Bonchev–Trinajstić information content (AvgIpc) is 2.68. The van der Waals surface area contributed by atoms with Crippen molar-refractivity contribution < 1.29 is 4.79 Å². The lowest BCUT2D eigenvalue weighted by atomic mass is 10.2. The van der Waals surface area contributed by atoms with Gasteiger partial charge in [0.15, 0.2) is 4.34 Å². The molecule has 1 atom stereocenters. The first-order valence-electron chi connectivity index (χ1n) is 6.12. The summed E-state index contributed by atoms with van der Waals surface area (Å²) in [7, 11) is 0. The highest BCUT2D eigenvalue weighted by atomic mass is 35.5. The van der Waals surface area contributed by atoms with Crippen LogP contribution in [-0.2, 0) is 11.2 Å². The van der Waals surface area contributed by atoms with Gasteiger partial charge in [-0.15, -0.1) is 11.3 Å². The van der Waals surface area contributed by atoms with Gasteiger partial charge in [0, 0.05) is 15.1 Å². The van der Waals surface area contributed by atoms with Gasteiger partial charge >= 0.3 is 0 Å². The van der Waals surface area contributed by atoms with Crippen molar-refractivity contribution in [2.75, 3.05) is 0 Å². The predicted octanol–water partition coefficient (Wildman–Crippen LogP) is 3.99. The maximum Gasteiger partial charge on any atom is 0.222 e. The molecule has 1 aromatic heterocycles. The van der Waals surface area contributed by atoms with Gasteiger partial charge < -0.3 is 5.73 Å². The molecule has 0 saturated heterocycles. The second-order valence-electron chi connectivity index (χ2n) is 4.45. The molecule has 1 aromatic carbocycles. The van der Waals surface area contributed by atoms with E-state index in [9.17, 15) is 4.79 Å². The molecule has 2 rings (SSSR count). The monoisotopic (exact) mass is 326 g/mol. The van der Waals surface area contributed by atoms with Gasteiger partial charge in [-0.05, 0) is 31.5 Å². The van der Waals surface area contributed by atoms with Crippen LogP contribution in [0.2, 0.25) is 5.02 Å². The average molecular weight is 327 g/mol. The highest BCUT2D eigenvalue weighted by Gasteiger charge is 2.14. The summed E-state index contributed by atoms with van der Waals surface area (Å²) in [4.78, 5) is 16.4. The first-order valence-corrected chi connectivity index (χ1v) is 8.20. The lowest BCUT2D eigenvalue weighted by Crippen LogP contribution is -2.13. The van der Waals surface area contributed by atoms with Gasteiger partial charge in [-0.1, -0.05) is 35.5 Å². The van der Waals surface area contributed by atoms with Gasteiger partial charge in [0.2, 0.25) is 5.91 Å². The molecule has 1 heterocycles. The normalized spacial score (nSPS) is 12.3. The largest absolute Gasteiger partial charge is 0.369 e. The molecule has 0 aliphatic heterocycles. The van der Waals surface area contributed by atoms with Crippen molar-refractivity contribution in [1.29, 1.82) is 0 Å². The van der Waals surface area contributed by atoms with Crippen LogP contribution >= 0.6 is 34.7 Å². The predicted molar refractivity (Wildman–Crippen MR) is 85.5 cm³/mol. The number of carbonyl (C=O) groups is 1. The van der Waals surface area contributed by atoms with Gasteiger partial charge in [-0.2, -0.15) is 0 Å². The molecule has 0 spiro atoms. The van der Waals surface area contributed by atoms with Crippen molar-refractivity contribution in [3.8, 4) is 0 Å². The highest BCUT2D eigenvalue weighted by molar-refractivity contribution is 8.01. The van der Waals surface area contributed by atoms with Gasteiger partial charge in [0.1, 0.15) is 0 Å². The number of thiazole rings is 1. The summed E-state index contributed by atoms with van der Waals surface area (Å²) in [6, 6.07) is 7.82. The van der Waals surface area contributed by atoms with E-state index in [1.807, 2.05) is 31.2 Å². The van der Waals surface area contributed by atoms with E-state index in [2.05, 4.69) is 11.9 Å². The number of carbonyl (C=O) groups excluding carboxylic acids is 1. The Kier molecular flexibility index (Phi) is 5.07. The summed E-state index contributed by atoms with van der Waals surface area (Å²) in [6.07, 6.45) is 0.260. The Bertz CT molecular complexity index is 627. The third-order valence-corrected chi connectivity index (χ3v) is 5.45. The summed E-state index contributed by atoms with van der Waals surface area (Å²) in [6.45, 7) is 4.02.